The van der Waals surface area contributed by atoms with Crippen molar-refractivity contribution in [3.63, 3.8) is 0 Å². The van der Waals surface area contributed by atoms with Crippen molar-refractivity contribution >= 4 is 33.4 Å². The number of hydrogen-bond acceptors (Lipinski definition) is 5. The number of benzene rings is 1. The Morgan fingerprint density at radius 2 is 2.04 bits per heavy atom. The molecular formula is C18H23BrFNO4. The normalized spacial score (nSPS) is 12.6. The Morgan fingerprint density at radius 1 is 1.32 bits per heavy atom. The third-order valence-electron chi connectivity index (χ3n) is 3.61. The van der Waals surface area contributed by atoms with E-state index in [0.29, 0.717) is 16.5 Å². The van der Waals surface area contributed by atoms with Gasteiger partial charge in [-0.3, -0.25) is 4.79 Å². The molecule has 0 aliphatic rings. The summed E-state index contributed by atoms with van der Waals surface area (Å²) in [5.41, 5.74) is 0.193. The van der Waals surface area contributed by atoms with E-state index >= 15 is 0 Å². The van der Waals surface area contributed by atoms with E-state index in [9.17, 15) is 14.0 Å². The minimum absolute atomic E-state index is 0.0165. The Bertz CT molecular complexity index is 634. The molecule has 5 nitrogen and oxygen atoms in total. The van der Waals surface area contributed by atoms with Gasteiger partial charge in [-0.1, -0.05) is 40.5 Å². The van der Waals surface area contributed by atoms with Crippen LogP contribution in [0.3, 0.4) is 0 Å². The second kappa shape index (κ2) is 11.0. The molecule has 0 aliphatic heterocycles. The molecule has 1 aromatic carbocycles. The first-order valence-corrected chi connectivity index (χ1v) is 8.98. The van der Waals surface area contributed by atoms with E-state index < -0.39 is 17.7 Å². The maximum atomic E-state index is 14.2. The number of carbonyl (C=O) groups excluding carboxylic acids is 2. The number of rotatable bonds is 10. The van der Waals surface area contributed by atoms with E-state index in [1.54, 1.807) is 19.1 Å². The van der Waals surface area contributed by atoms with Crippen molar-refractivity contribution in [2.75, 3.05) is 13.7 Å². The van der Waals surface area contributed by atoms with Crippen LogP contribution in [0.15, 0.2) is 27.8 Å². The number of esters is 1. The molecule has 7 heteroatoms. The highest BCUT2D eigenvalue weighted by atomic mass is 79.9. The Morgan fingerprint density at radius 3 is 2.60 bits per heavy atom. The fraction of sp³-hybridized carbons (Fsp3) is 0.500. The number of ether oxygens (including phenoxy) is 1. The molecule has 0 saturated heterocycles. The van der Waals surface area contributed by atoms with Crippen LogP contribution < -0.4 is 0 Å². The summed E-state index contributed by atoms with van der Waals surface area (Å²) < 4.78 is 19.8. The molecule has 0 radical (unpaired) electrons. The average molecular weight is 416 g/mol. The monoisotopic (exact) mass is 415 g/mol. The summed E-state index contributed by atoms with van der Waals surface area (Å²) in [6.45, 7) is 3.76. The second-order valence-electron chi connectivity index (χ2n) is 5.44. The SMILES string of the molecule is CCCCC(=O)C(Cc1ccc(Br)cc1F)C(=NOC)C(=O)OCC. The molecule has 138 valence electrons. The zero-order chi connectivity index (χ0) is 18.8. The van der Waals surface area contributed by atoms with Crippen LogP contribution in [0.5, 0.6) is 0 Å². The van der Waals surface area contributed by atoms with Gasteiger partial charge in [-0.15, -0.1) is 0 Å². The topological polar surface area (TPSA) is 65.0 Å². The molecule has 0 aliphatic carbocycles. The van der Waals surface area contributed by atoms with Crippen molar-refractivity contribution < 1.29 is 23.6 Å². The van der Waals surface area contributed by atoms with Crippen molar-refractivity contribution in [1.82, 2.24) is 0 Å². The fourth-order valence-electron chi connectivity index (χ4n) is 2.34. The Balaban J connectivity index is 3.19. The van der Waals surface area contributed by atoms with Gasteiger partial charge in [0.2, 0.25) is 0 Å². The molecule has 1 aromatic rings. The van der Waals surface area contributed by atoms with Gasteiger partial charge in [0.15, 0.2) is 5.71 Å². The van der Waals surface area contributed by atoms with E-state index in [0.717, 1.165) is 6.42 Å². The molecule has 0 N–H and O–H groups in total. The number of hydrogen-bond donors (Lipinski definition) is 0. The van der Waals surface area contributed by atoms with Crippen molar-refractivity contribution in [2.24, 2.45) is 11.1 Å². The average Bonchev–Trinajstić information content (AvgIpc) is 2.57. The molecule has 0 bridgehead atoms. The number of nitrogens with zero attached hydrogens (tertiary/aromatic N) is 1. The standard InChI is InChI=1S/C18H23BrFNO4/c1-4-6-7-16(22)14(17(21-24-3)18(23)25-5-2)10-12-8-9-13(19)11-15(12)20/h8-9,11,14H,4-7,10H2,1-3H3. The van der Waals surface area contributed by atoms with Crippen LogP contribution in [0.25, 0.3) is 0 Å². The summed E-state index contributed by atoms with van der Waals surface area (Å²) in [6, 6.07) is 4.58. The first-order chi connectivity index (χ1) is 11.9. The summed E-state index contributed by atoms with van der Waals surface area (Å²) in [5, 5.41) is 3.71. The van der Waals surface area contributed by atoms with Gasteiger partial charge in [0, 0.05) is 10.9 Å². The van der Waals surface area contributed by atoms with Crippen LogP contribution >= 0.6 is 15.9 Å². The van der Waals surface area contributed by atoms with Crippen LogP contribution in [0.2, 0.25) is 0 Å². The lowest BCUT2D eigenvalue weighted by Gasteiger charge is -2.17. The zero-order valence-corrected chi connectivity index (χ0v) is 16.3. The fourth-order valence-corrected chi connectivity index (χ4v) is 2.68. The number of halogens is 2. The van der Waals surface area contributed by atoms with Crippen molar-refractivity contribution in [2.45, 2.75) is 39.5 Å². The van der Waals surface area contributed by atoms with E-state index in [1.165, 1.54) is 13.2 Å². The van der Waals surface area contributed by atoms with Crippen LogP contribution in [-0.2, 0) is 25.6 Å². The Hall–Kier alpha value is -1.76. The van der Waals surface area contributed by atoms with Gasteiger partial charge in [-0.05, 0) is 37.5 Å². The van der Waals surface area contributed by atoms with Gasteiger partial charge < -0.3 is 9.57 Å². The summed E-state index contributed by atoms with van der Waals surface area (Å²) in [7, 11) is 1.28. The maximum Gasteiger partial charge on any atom is 0.356 e. The first kappa shape index (κ1) is 21.3. The predicted molar refractivity (Wildman–Crippen MR) is 96.9 cm³/mol. The van der Waals surface area contributed by atoms with Crippen molar-refractivity contribution in [3.05, 3.63) is 34.1 Å². The van der Waals surface area contributed by atoms with Gasteiger partial charge in [-0.25, -0.2) is 9.18 Å². The Kier molecular flexibility index (Phi) is 9.34. The van der Waals surface area contributed by atoms with E-state index in [2.05, 4.69) is 21.1 Å². The van der Waals surface area contributed by atoms with Crippen LogP contribution in [0.1, 0.15) is 38.7 Å². The smallest absolute Gasteiger partial charge is 0.356 e. The van der Waals surface area contributed by atoms with E-state index in [1.807, 2.05) is 6.92 Å². The third kappa shape index (κ3) is 6.57. The first-order valence-electron chi connectivity index (χ1n) is 8.19. The minimum atomic E-state index is -0.916. The molecule has 0 heterocycles. The molecule has 0 fully saturated rings. The van der Waals surface area contributed by atoms with Crippen molar-refractivity contribution in [1.29, 1.82) is 0 Å². The second-order valence-corrected chi connectivity index (χ2v) is 6.36. The van der Waals surface area contributed by atoms with Gasteiger partial charge in [0.1, 0.15) is 18.7 Å². The lowest BCUT2D eigenvalue weighted by atomic mass is 9.88. The van der Waals surface area contributed by atoms with Crippen molar-refractivity contribution in [3.8, 4) is 0 Å². The van der Waals surface area contributed by atoms with Gasteiger partial charge in [0.25, 0.3) is 0 Å². The minimum Gasteiger partial charge on any atom is -0.461 e. The highest BCUT2D eigenvalue weighted by Gasteiger charge is 2.32. The highest BCUT2D eigenvalue weighted by Crippen LogP contribution is 2.21. The summed E-state index contributed by atoms with van der Waals surface area (Å²) in [6.07, 6.45) is 1.81. The largest absolute Gasteiger partial charge is 0.461 e. The molecule has 0 saturated carbocycles. The number of ketones is 1. The zero-order valence-electron chi connectivity index (χ0n) is 14.7. The van der Waals surface area contributed by atoms with Crippen LogP contribution in [0.4, 0.5) is 4.39 Å². The number of Topliss-reactive ketones (excluding diaryl/α,β-unsaturated/α-hetero) is 1. The van der Waals surface area contributed by atoms with Crippen LogP contribution in [0, 0.1) is 11.7 Å². The molecular weight excluding hydrogens is 393 g/mol. The molecule has 1 unspecified atom stereocenters. The lowest BCUT2D eigenvalue weighted by Crippen LogP contribution is -2.34. The maximum absolute atomic E-state index is 14.2. The van der Waals surface area contributed by atoms with Gasteiger partial charge in [-0.2, -0.15) is 0 Å². The molecule has 0 amide bonds. The lowest BCUT2D eigenvalue weighted by molar-refractivity contribution is -0.136. The van der Waals surface area contributed by atoms with E-state index in [4.69, 9.17) is 9.57 Å². The number of oxime groups is 1. The molecule has 1 atom stereocenters. The van der Waals surface area contributed by atoms with Gasteiger partial charge >= 0.3 is 5.97 Å². The predicted octanol–water partition coefficient (Wildman–Crippen LogP) is 4.07. The van der Waals surface area contributed by atoms with Crippen LogP contribution in [-0.4, -0.2) is 31.2 Å². The quantitative estimate of drug-likeness (QED) is 0.328. The molecule has 0 aromatic heterocycles. The van der Waals surface area contributed by atoms with E-state index in [-0.39, 0.29) is 30.9 Å². The summed E-state index contributed by atoms with van der Waals surface area (Å²) in [5.74, 6) is -2.28. The summed E-state index contributed by atoms with van der Waals surface area (Å²) in [4.78, 5) is 29.6. The van der Waals surface area contributed by atoms with Gasteiger partial charge in [0.05, 0.1) is 12.5 Å². The molecule has 0 spiro atoms. The molecule has 1 rings (SSSR count). The summed E-state index contributed by atoms with van der Waals surface area (Å²) >= 11 is 3.20. The highest BCUT2D eigenvalue weighted by molar-refractivity contribution is 9.10. The number of unbranched alkanes of at least 4 members (excludes halogenated alkanes) is 1. The Labute approximate surface area is 155 Å². The number of carbonyl (C=O) groups is 2. The third-order valence-corrected chi connectivity index (χ3v) is 4.10. The molecule has 25 heavy (non-hydrogen) atoms.